The Labute approximate surface area is 79.8 Å². The highest BCUT2D eigenvalue weighted by atomic mass is 35.5. The molecule has 0 amide bonds. The average molecular weight is 187 g/mol. The molecule has 1 aromatic rings. The summed E-state index contributed by atoms with van der Waals surface area (Å²) in [7, 11) is 0. The van der Waals surface area contributed by atoms with Gasteiger partial charge in [-0.05, 0) is 11.5 Å². The van der Waals surface area contributed by atoms with E-state index in [1.807, 2.05) is 44.2 Å². The molecule has 1 N–H and O–H groups in total. The van der Waals surface area contributed by atoms with Gasteiger partial charge in [0.2, 0.25) is 0 Å². The van der Waals surface area contributed by atoms with Crippen LogP contribution < -0.4 is 0 Å². The molecule has 0 aliphatic rings. The second-order valence-electron chi connectivity index (χ2n) is 3.10. The van der Waals surface area contributed by atoms with Crippen LogP contribution in [0.1, 0.15) is 25.5 Å². The lowest BCUT2D eigenvalue weighted by atomic mass is 10.00. The largest absolute Gasteiger partial charge is 0.388 e. The number of halogens is 1. The van der Waals surface area contributed by atoms with Crippen molar-refractivity contribution in [2.24, 2.45) is 5.92 Å². The molecule has 0 heterocycles. The Morgan fingerprint density at radius 2 is 1.58 bits per heavy atom. The van der Waals surface area contributed by atoms with E-state index in [2.05, 4.69) is 0 Å². The molecule has 0 saturated heterocycles. The fourth-order valence-corrected chi connectivity index (χ4v) is 1.04. The summed E-state index contributed by atoms with van der Waals surface area (Å²) in [4.78, 5) is 0. The average Bonchev–Trinajstić information content (AvgIpc) is 2.05. The fourth-order valence-electron chi connectivity index (χ4n) is 1.04. The van der Waals surface area contributed by atoms with Gasteiger partial charge in [-0.1, -0.05) is 44.2 Å². The highest BCUT2D eigenvalue weighted by Gasteiger charge is 2.09. The van der Waals surface area contributed by atoms with E-state index in [4.69, 9.17) is 0 Å². The Bertz CT molecular complexity index is 208. The minimum absolute atomic E-state index is 0. The maximum absolute atomic E-state index is 9.60. The van der Waals surface area contributed by atoms with Gasteiger partial charge in [0.25, 0.3) is 0 Å². The summed E-state index contributed by atoms with van der Waals surface area (Å²) >= 11 is 0. The zero-order valence-corrected chi connectivity index (χ0v) is 8.21. The molecule has 0 saturated carbocycles. The summed E-state index contributed by atoms with van der Waals surface area (Å²) in [5.74, 6) is 0.289. The molecule has 1 rings (SSSR count). The third-order valence-electron chi connectivity index (χ3n) is 1.77. The monoisotopic (exact) mass is 186 g/mol. The minimum Gasteiger partial charge on any atom is -0.388 e. The molecule has 0 radical (unpaired) electrons. The van der Waals surface area contributed by atoms with E-state index >= 15 is 0 Å². The molecule has 0 aliphatic heterocycles. The van der Waals surface area contributed by atoms with Crippen LogP contribution in [-0.4, -0.2) is 5.11 Å². The fraction of sp³-hybridized carbons (Fsp3) is 0.400. The second kappa shape index (κ2) is 5.18. The van der Waals surface area contributed by atoms with Crippen molar-refractivity contribution < 1.29 is 5.11 Å². The van der Waals surface area contributed by atoms with Crippen LogP contribution in [0.25, 0.3) is 0 Å². The van der Waals surface area contributed by atoms with Crippen molar-refractivity contribution in [3.63, 3.8) is 0 Å². The van der Waals surface area contributed by atoms with Gasteiger partial charge in [-0.3, -0.25) is 0 Å². The van der Waals surface area contributed by atoms with Gasteiger partial charge in [0.05, 0.1) is 6.10 Å². The quantitative estimate of drug-likeness (QED) is 0.753. The number of hydrogen-bond donors (Lipinski definition) is 1. The molecule has 1 aromatic carbocycles. The van der Waals surface area contributed by atoms with E-state index < -0.39 is 0 Å². The van der Waals surface area contributed by atoms with Crippen molar-refractivity contribution in [2.45, 2.75) is 20.0 Å². The topological polar surface area (TPSA) is 20.2 Å². The summed E-state index contributed by atoms with van der Waals surface area (Å²) in [5.41, 5.74) is 1.00. The summed E-state index contributed by atoms with van der Waals surface area (Å²) < 4.78 is 0. The third kappa shape index (κ3) is 2.84. The predicted octanol–water partition coefficient (Wildman–Crippen LogP) is 2.80. The lowest BCUT2D eigenvalue weighted by Crippen LogP contribution is -2.04. The smallest absolute Gasteiger partial charge is 0.0812 e. The van der Waals surface area contributed by atoms with E-state index in [1.165, 1.54) is 0 Å². The van der Waals surface area contributed by atoms with Gasteiger partial charge in [-0.15, -0.1) is 12.4 Å². The molecular weight excluding hydrogens is 172 g/mol. The van der Waals surface area contributed by atoms with Gasteiger partial charge < -0.3 is 5.11 Å². The van der Waals surface area contributed by atoms with E-state index in [9.17, 15) is 5.11 Å². The molecule has 0 aromatic heterocycles. The zero-order valence-electron chi connectivity index (χ0n) is 7.40. The molecule has 0 fully saturated rings. The van der Waals surface area contributed by atoms with Gasteiger partial charge >= 0.3 is 0 Å². The summed E-state index contributed by atoms with van der Waals surface area (Å²) in [6.07, 6.45) is -0.323. The van der Waals surface area contributed by atoms with E-state index in [1.54, 1.807) is 0 Å². The lowest BCUT2D eigenvalue weighted by Gasteiger charge is -2.13. The van der Waals surface area contributed by atoms with Crippen molar-refractivity contribution in [1.82, 2.24) is 0 Å². The van der Waals surface area contributed by atoms with Gasteiger partial charge in [0, 0.05) is 0 Å². The molecule has 1 atom stereocenters. The molecule has 2 heteroatoms. The number of hydrogen-bond acceptors (Lipinski definition) is 1. The van der Waals surface area contributed by atoms with Crippen molar-refractivity contribution in [1.29, 1.82) is 0 Å². The lowest BCUT2D eigenvalue weighted by molar-refractivity contribution is 0.127. The first-order valence-corrected chi connectivity index (χ1v) is 3.95. The Morgan fingerprint density at radius 1 is 1.08 bits per heavy atom. The van der Waals surface area contributed by atoms with Gasteiger partial charge in [-0.2, -0.15) is 0 Å². The van der Waals surface area contributed by atoms with Crippen LogP contribution in [0.4, 0.5) is 0 Å². The maximum Gasteiger partial charge on any atom is 0.0812 e. The Morgan fingerprint density at radius 3 is 2.00 bits per heavy atom. The van der Waals surface area contributed by atoms with Crippen molar-refractivity contribution in [3.8, 4) is 0 Å². The number of rotatable bonds is 2. The first-order valence-electron chi connectivity index (χ1n) is 3.95. The molecule has 0 aliphatic carbocycles. The van der Waals surface area contributed by atoms with E-state index in [-0.39, 0.29) is 24.4 Å². The van der Waals surface area contributed by atoms with Crippen molar-refractivity contribution in [2.75, 3.05) is 0 Å². The van der Waals surface area contributed by atoms with Crippen LogP contribution in [0.5, 0.6) is 0 Å². The van der Waals surface area contributed by atoms with Crippen LogP contribution in [-0.2, 0) is 0 Å². The normalized spacial score (nSPS) is 12.3. The van der Waals surface area contributed by atoms with Crippen molar-refractivity contribution >= 4 is 12.4 Å². The molecular formula is C10H15ClO. The van der Waals surface area contributed by atoms with E-state index in [0.29, 0.717) is 0 Å². The predicted molar refractivity (Wildman–Crippen MR) is 53.5 cm³/mol. The molecule has 12 heavy (non-hydrogen) atoms. The van der Waals surface area contributed by atoms with E-state index in [0.717, 1.165) is 5.56 Å². The Hall–Kier alpha value is -0.530. The molecule has 68 valence electrons. The summed E-state index contributed by atoms with van der Waals surface area (Å²) in [6.45, 7) is 4.02. The van der Waals surface area contributed by atoms with Crippen LogP contribution in [0.2, 0.25) is 0 Å². The zero-order chi connectivity index (χ0) is 8.27. The number of aliphatic hydroxyl groups is 1. The number of benzene rings is 1. The van der Waals surface area contributed by atoms with Crippen molar-refractivity contribution in [3.05, 3.63) is 35.9 Å². The SMILES string of the molecule is CC(C)C(O)c1ccccc1.Cl. The van der Waals surface area contributed by atoms with Crippen LogP contribution >= 0.6 is 12.4 Å². The number of aliphatic hydroxyl groups excluding tert-OH is 1. The first-order chi connectivity index (χ1) is 5.22. The second-order valence-corrected chi connectivity index (χ2v) is 3.10. The van der Waals surface area contributed by atoms with Crippen LogP contribution in [0.3, 0.4) is 0 Å². The van der Waals surface area contributed by atoms with Gasteiger partial charge in [0.15, 0.2) is 0 Å². The van der Waals surface area contributed by atoms with Gasteiger partial charge in [0.1, 0.15) is 0 Å². The summed E-state index contributed by atoms with van der Waals surface area (Å²) in [6, 6.07) is 9.74. The Kier molecular flexibility index (Phi) is 4.95. The Balaban J connectivity index is 0.00000121. The molecule has 0 spiro atoms. The van der Waals surface area contributed by atoms with Crippen LogP contribution in [0.15, 0.2) is 30.3 Å². The minimum atomic E-state index is -0.323. The van der Waals surface area contributed by atoms with Crippen LogP contribution in [0, 0.1) is 5.92 Å². The standard InChI is InChI=1S/C10H14O.ClH/c1-8(2)10(11)9-6-4-3-5-7-9;/h3-8,10-11H,1-2H3;1H. The molecule has 1 unspecified atom stereocenters. The van der Waals surface area contributed by atoms with Gasteiger partial charge in [-0.25, -0.2) is 0 Å². The summed E-state index contributed by atoms with van der Waals surface area (Å²) in [5, 5.41) is 9.60. The highest BCUT2D eigenvalue weighted by molar-refractivity contribution is 5.85. The molecule has 1 nitrogen and oxygen atoms in total. The maximum atomic E-state index is 9.60. The third-order valence-corrected chi connectivity index (χ3v) is 1.77. The first kappa shape index (κ1) is 11.5. The molecule has 0 bridgehead atoms. The highest BCUT2D eigenvalue weighted by Crippen LogP contribution is 2.19.